The molecule has 0 heterocycles. The summed E-state index contributed by atoms with van der Waals surface area (Å²) in [6, 6.07) is 20.2. The van der Waals surface area contributed by atoms with E-state index in [1.165, 1.54) is 18.4 Å². The van der Waals surface area contributed by atoms with Crippen LogP contribution in [0.3, 0.4) is 0 Å². The molecular formula is C21H25NO. The first-order chi connectivity index (χ1) is 11.2. The van der Waals surface area contributed by atoms with Gasteiger partial charge in [-0.1, -0.05) is 55.5 Å². The summed E-state index contributed by atoms with van der Waals surface area (Å²) in [4.78, 5) is 12.4. The third-order valence-electron chi connectivity index (χ3n) is 5.24. The minimum absolute atomic E-state index is 0.0273. The van der Waals surface area contributed by atoms with Crippen LogP contribution in [0.25, 0.3) is 0 Å². The van der Waals surface area contributed by atoms with Crippen LogP contribution in [0.1, 0.15) is 48.5 Å². The molecule has 2 heteroatoms. The Morgan fingerprint density at radius 1 is 1.00 bits per heavy atom. The molecule has 0 aliphatic heterocycles. The summed E-state index contributed by atoms with van der Waals surface area (Å²) < 4.78 is 0. The van der Waals surface area contributed by atoms with E-state index in [-0.39, 0.29) is 11.3 Å². The minimum Gasteiger partial charge on any atom is -0.351 e. The van der Waals surface area contributed by atoms with Gasteiger partial charge in [-0.05, 0) is 49.3 Å². The number of nitrogens with one attached hydrogen (secondary N) is 1. The van der Waals surface area contributed by atoms with E-state index in [1.807, 2.05) is 30.3 Å². The van der Waals surface area contributed by atoms with Crippen molar-refractivity contribution in [3.63, 3.8) is 0 Å². The van der Waals surface area contributed by atoms with Crippen LogP contribution < -0.4 is 5.32 Å². The van der Waals surface area contributed by atoms with E-state index in [0.29, 0.717) is 0 Å². The number of carbonyl (C=O) groups excluding carboxylic acids is 1. The van der Waals surface area contributed by atoms with Gasteiger partial charge in [-0.2, -0.15) is 0 Å². The van der Waals surface area contributed by atoms with Gasteiger partial charge in [0, 0.05) is 17.5 Å². The zero-order valence-electron chi connectivity index (χ0n) is 13.8. The van der Waals surface area contributed by atoms with Crippen molar-refractivity contribution in [2.75, 3.05) is 6.54 Å². The highest BCUT2D eigenvalue weighted by Crippen LogP contribution is 2.41. The van der Waals surface area contributed by atoms with E-state index in [2.05, 4.69) is 42.6 Å². The Labute approximate surface area is 138 Å². The van der Waals surface area contributed by atoms with Gasteiger partial charge in [0.15, 0.2) is 0 Å². The topological polar surface area (TPSA) is 29.1 Å². The van der Waals surface area contributed by atoms with Gasteiger partial charge in [-0.3, -0.25) is 4.79 Å². The molecule has 1 amide bonds. The normalized spacial score (nSPS) is 24.1. The standard InChI is InChI=1S/C21H25NO/c1-17-12-14-21(15-13-17,19-10-6-3-7-11-19)16-22-20(23)18-8-4-2-5-9-18/h2-11,17H,12-16H2,1H3,(H,22,23). The summed E-state index contributed by atoms with van der Waals surface area (Å²) in [6.07, 6.45) is 4.76. The van der Waals surface area contributed by atoms with E-state index in [0.717, 1.165) is 30.9 Å². The lowest BCUT2D eigenvalue weighted by atomic mass is 9.67. The second kappa shape index (κ2) is 6.99. The van der Waals surface area contributed by atoms with E-state index >= 15 is 0 Å². The first-order valence-corrected chi connectivity index (χ1v) is 8.58. The Morgan fingerprint density at radius 2 is 1.57 bits per heavy atom. The van der Waals surface area contributed by atoms with Crippen molar-refractivity contribution < 1.29 is 4.79 Å². The summed E-state index contributed by atoms with van der Waals surface area (Å²) in [5.41, 5.74) is 2.18. The average Bonchev–Trinajstić information content (AvgIpc) is 2.63. The third-order valence-corrected chi connectivity index (χ3v) is 5.24. The molecular weight excluding hydrogens is 282 g/mol. The molecule has 0 bridgehead atoms. The largest absolute Gasteiger partial charge is 0.351 e. The van der Waals surface area contributed by atoms with Gasteiger partial charge in [0.1, 0.15) is 0 Å². The van der Waals surface area contributed by atoms with Gasteiger partial charge in [0.25, 0.3) is 5.91 Å². The molecule has 120 valence electrons. The molecule has 0 aromatic heterocycles. The highest BCUT2D eigenvalue weighted by Gasteiger charge is 2.36. The van der Waals surface area contributed by atoms with Crippen molar-refractivity contribution in [3.05, 3.63) is 71.8 Å². The fourth-order valence-electron chi connectivity index (χ4n) is 3.62. The quantitative estimate of drug-likeness (QED) is 0.881. The molecule has 0 saturated heterocycles. The average molecular weight is 307 g/mol. The van der Waals surface area contributed by atoms with Crippen LogP contribution in [0.4, 0.5) is 0 Å². The van der Waals surface area contributed by atoms with Crippen molar-refractivity contribution in [2.24, 2.45) is 5.92 Å². The first kappa shape index (κ1) is 15.8. The first-order valence-electron chi connectivity index (χ1n) is 8.58. The van der Waals surface area contributed by atoms with Crippen LogP contribution >= 0.6 is 0 Å². The lowest BCUT2D eigenvalue weighted by molar-refractivity contribution is 0.0933. The molecule has 0 radical (unpaired) electrons. The molecule has 2 aromatic carbocycles. The minimum atomic E-state index is 0.0273. The van der Waals surface area contributed by atoms with Crippen LogP contribution in [0.2, 0.25) is 0 Å². The summed E-state index contributed by atoms with van der Waals surface area (Å²) in [6.45, 7) is 3.05. The Hall–Kier alpha value is -2.09. The molecule has 1 fully saturated rings. The van der Waals surface area contributed by atoms with Gasteiger partial charge < -0.3 is 5.32 Å². The smallest absolute Gasteiger partial charge is 0.251 e. The highest BCUT2D eigenvalue weighted by atomic mass is 16.1. The molecule has 1 aliphatic carbocycles. The van der Waals surface area contributed by atoms with Crippen molar-refractivity contribution in [1.29, 1.82) is 0 Å². The Morgan fingerprint density at radius 3 is 2.17 bits per heavy atom. The van der Waals surface area contributed by atoms with E-state index in [9.17, 15) is 4.79 Å². The Balaban J connectivity index is 1.76. The third kappa shape index (κ3) is 3.64. The van der Waals surface area contributed by atoms with Crippen LogP contribution in [0, 0.1) is 5.92 Å². The van der Waals surface area contributed by atoms with E-state index < -0.39 is 0 Å². The van der Waals surface area contributed by atoms with Gasteiger partial charge in [0.05, 0.1) is 0 Å². The zero-order chi connectivity index (χ0) is 16.1. The lowest BCUT2D eigenvalue weighted by Gasteiger charge is -2.40. The number of benzene rings is 2. The SMILES string of the molecule is CC1CCC(CNC(=O)c2ccccc2)(c2ccccc2)CC1. The van der Waals surface area contributed by atoms with Gasteiger partial charge in [-0.15, -0.1) is 0 Å². The zero-order valence-corrected chi connectivity index (χ0v) is 13.8. The number of hydrogen-bond acceptors (Lipinski definition) is 1. The summed E-state index contributed by atoms with van der Waals surface area (Å²) in [5.74, 6) is 0.816. The van der Waals surface area contributed by atoms with Gasteiger partial charge >= 0.3 is 0 Å². The molecule has 23 heavy (non-hydrogen) atoms. The fourth-order valence-corrected chi connectivity index (χ4v) is 3.62. The van der Waals surface area contributed by atoms with E-state index in [4.69, 9.17) is 0 Å². The fraction of sp³-hybridized carbons (Fsp3) is 0.381. The predicted octanol–water partition coefficient (Wildman–Crippen LogP) is 4.56. The molecule has 1 aliphatic rings. The summed E-state index contributed by atoms with van der Waals surface area (Å²) >= 11 is 0. The van der Waals surface area contributed by atoms with Crippen molar-refractivity contribution in [2.45, 2.75) is 38.0 Å². The number of amides is 1. The molecule has 1 N–H and O–H groups in total. The van der Waals surface area contributed by atoms with Crippen molar-refractivity contribution >= 4 is 5.91 Å². The Bertz CT molecular complexity index is 627. The van der Waals surface area contributed by atoms with Crippen LogP contribution in [0.5, 0.6) is 0 Å². The number of hydrogen-bond donors (Lipinski definition) is 1. The molecule has 2 nitrogen and oxygen atoms in total. The molecule has 1 saturated carbocycles. The summed E-state index contributed by atoms with van der Waals surface area (Å²) in [5, 5.41) is 3.18. The maximum atomic E-state index is 12.4. The van der Waals surface area contributed by atoms with E-state index in [1.54, 1.807) is 0 Å². The lowest BCUT2D eigenvalue weighted by Crippen LogP contribution is -2.43. The monoisotopic (exact) mass is 307 g/mol. The van der Waals surface area contributed by atoms with Crippen molar-refractivity contribution in [1.82, 2.24) is 5.32 Å². The number of rotatable bonds is 4. The molecule has 0 unspecified atom stereocenters. The molecule has 0 atom stereocenters. The maximum absolute atomic E-state index is 12.4. The van der Waals surface area contributed by atoms with Crippen LogP contribution in [-0.4, -0.2) is 12.5 Å². The second-order valence-corrected chi connectivity index (χ2v) is 6.88. The summed E-state index contributed by atoms with van der Waals surface area (Å²) in [7, 11) is 0. The highest BCUT2D eigenvalue weighted by molar-refractivity contribution is 5.94. The van der Waals surface area contributed by atoms with Gasteiger partial charge in [0.2, 0.25) is 0 Å². The van der Waals surface area contributed by atoms with Crippen LogP contribution in [0.15, 0.2) is 60.7 Å². The molecule has 3 rings (SSSR count). The Kier molecular flexibility index (Phi) is 4.80. The maximum Gasteiger partial charge on any atom is 0.251 e. The van der Waals surface area contributed by atoms with Gasteiger partial charge in [-0.25, -0.2) is 0 Å². The van der Waals surface area contributed by atoms with Crippen LogP contribution in [-0.2, 0) is 5.41 Å². The molecule has 0 spiro atoms. The second-order valence-electron chi connectivity index (χ2n) is 6.88. The predicted molar refractivity (Wildman–Crippen MR) is 94.5 cm³/mol. The number of carbonyl (C=O) groups is 1. The van der Waals surface area contributed by atoms with Crippen molar-refractivity contribution in [3.8, 4) is 0 Å². The molecule has 2 aromatic rings.